The molecule has 1 aromatic heterocycles. The quantitative estimate of drug-likeness (QED) is 0.469. The third-order valence-electron chi connectivity index (χ3n) is 6.60. The van der Waals surface area contributed by atoms with Crippen molar-refractivity contribution in [3.8, 4) is 11.1 Å². The number of aliphatic hydroxyl groups is 1. The van der Waals surface area contributed by atoms with Crippen molar-refractivity contribution in [3.05, 3.63) is 82.1 Å². The number of thiophene rings is 1. The SMILES string of the molecule is C[C@@H](c1ccc(-c2ccc(F)cc2F)cc1)N1CCC(CCCO)(c2cccs2)CC1=O. The van der Waals surface area contributed by atoms with Crippen LogP contribution in [0.4, 0.5) is 8.78 Å². The molecule has 1 saturated heterocycles. The number of rotatable bonds is 7. The number of carbonyl (C=O) groups excluding carboxylic acids is 1. The highest BCUT2D eigenvalue weighted by Crippen LogP contribution is 2.43. The van der Waals surface area contributed by atoms with Gasteiger partial charge in [-0.2, -0.15) is 0 Å². The van der Waals surface area contributed by atoms with Gasteiger partial charge in [0.15, 0.2) is 0 Å². The second kappa shape index (κ2) is 9.51. The lowest BCUT2D eigenvalue weighted by Crippen LogP contribution is -2.47. The molecule has 2 aromatic carbocycles. The van der Waals surface area contributed by atoms with E-state index >= 15 is 0 Å². The first-order valence-electron chi connectivity index (χ1n) is 10.9. The van der Waals surface area contributed by atoms with Gasteiger partial charge < -0.3 is 10.0 Å². The molecule has 32 heavy (non-hydrogen) atoms. The van der Waals surface area contributed by atoms with E-state index in [4.69, 9.17) is 0 Å². The number of carbonyl (C=O) groups is 1. The Bertz CT molecular complexity index is 1070. The minimum Gasteiger partial charge on any atom is -0.396 e. The highest BCUT2D eigenvalue weighted by Gasteiger charge is 2.41. The van der Waals surface area contributed by atoms with Crippen molar-refractivity contribution in [3.63, 3.8) is 0 Å². The third-order valence-corrected chi connectivity index (χ3v) is 7.72. The molecule has 1 aliphatic rings. The topological polar surface area (TPSA) is 40.5 Å². The van der Waals surface area contributed by atoms with Crippen molar-refractivity contribution >= 4 is 17.2 Å². The van der Waals surface area contributed by atoms with Gasteiger partial charge in [0.1, 0.15) is 11.6 Å². The molecule has 4 rings (SSSR count). The van der Waals surface area contributed by atoms with Crippen LogP contribution in [0, 0.1) is 11.6 Å². The standard InChI is InChI=1S/C26H27F2NO2S/c1-18(19-5-7-20(8-6-19)22-10-9-21(27)16-23(22)28)29-13-12-26(11-3-14-30,17-25(29)31)24-4-2-15-32-24/h2,4-10,15-16,18,30H,3,11-14,17H2,1H3/t18-,26?/m0/s1. The number of nitrogens with zero attached hydrogens (tertiary/aromatic N) is 1. The first kappa shape index (κ1) is 22.6. The monoisotopic (exact) mass is 455 g/mol. The average molecular weight is 456 g/mol. The molecule has 168 valence electrons. The Kier molecular flexibility index (Phi) is 6.72. The van der Waals surface area contributed by atoms with E-state index in [2.05, 4.69) is 6.07 Å². The summed E-state index contributed by atoms with van der Waals surface area (Å²) in [5.74, 6) is -1.08. The largest absolute Gasteiger partial charge is 0.396 e. The fraction of sp³-hybridized carbons (Fsp3) is 0.346. The lowest BCUT2D eigenvalue weighted by atomic mass is 9.73. The van der Waals surface area contributed by atoms with Crippen molar-refractivity contribution in [2.45, 2.75) is 44.1 Å². The smallest absolute Gasteiger partial charge is 0.224 e. The maximum Gasteiger partial charge on any atom is 0.224 e. The zero-order valence-electron chi connectivity index (χ0n) is 18.1. The molecule has 2 heterocycles. The summed E-state index contributed by atoms with van der Waals surface area (Å²) in [5, 5.41) is 11.4. The van der Waals surface area contributed by atoms with Gasteiger partial charge >= 0.3 is 0 Å². The van der Waals surface area contributed by atoms with Gasteiger partial charge in [0, 0.05) is 41.5 Å². The summed E-state index contributed by atoms with van der Waals surface area (Å²) >= 11 is 1.68. The van der Waals surface area contributed by atoms with E-state index in [9.17, 15) is 18.7 Å². The van der Waals surface area contributed by atoms with Gasteiger partial charge in [0.05, 0.1) is 6.04 Å². The Labute approximate surface area is 191 Å². The minimum atomic E-state index is -0.599. The fourth-order valence-corrected chi connectivity index (χ4v) is 5.72. The maximum atomic E-state index is 14.1. The van der Waals surface area contributed by atoms with Crippen LogP contribution in [0.3, 0.4) is 0 Å². The molecule has 1 fully saturated rings. The van der Waals surface area contributed by atoms with Crippen LogP contribution in [-0.2, 0) is 10.2 Å². The predicted octanol–water partition coefficient (Wildman–Crippen LogP) is 6.09. The Balaban J connectivity index is 1.50. The number of amides is 1. The van der Waals surface area contributed by atoms with E-state index in [1.54, 1.807) is 11.3 Å². The summed E-state index contributed by atoms with van der Waals surface area (Å²) in [6.45, 7) is 2.79. The van der Waals surface area contributed by atoms with Crippen LogP contribution in [0.25, 0.3) is 11.1 Å². The van der Waals surface area contributed by atoms with E-state index < -0.39 is 11.6 Å². The Hall–Kier alpha value is -2.57. The summed E-state index contributed by atoms with van der Waals surface area (Å²) in [5.41, 5.74) is 1.80. The number of hydrogen-bond donors (Lipinski definition) is 1. The van der Waals surface area contributed by atoms with Crippen molar-refractivity contribution in [2.75, 3.05) is 13.2 Å². The van der Waals surface area contributed by atoms with Gasteiger partial charge in [-0.1, -0.05) is 30.3 Å². The zero-order valence-corrected chi connectivity index (χ0v) is 18.9. The maximum absolute atomic E-state index is 14.1. The van der Waals surface area contributed by atoms with E-state index in [1.165, 1.54) is 17.0 Å². The van der Waals surface area contributed by atoms with Crippen LogP contribution >= 0.6 is 11.3 Å². The van der Waals surface area contributed by atoms with E-state index in [1.807, 2.05) is 47.5 Å². The lowest BCUT2D eigenvalue weighted by molar-refractivity contribution is -0.138. The Morgan fingerprint density at radius 3 is 2.56 bits per heavy atom. The first-order valence-corrected chi connectivity index (χ1v) is 11.8. The highest BCUT2D eigenvalue weighted by atomic mass is 32.1. The first-order chi connectivity index (χ1) is 15.4. The van der Waals surface area contributed by atoms with Crippen LogP contribution in [0.1, 0.15) is 49.1 Å². The van der Waals surface area contributed by atoms with Crippen molar-refractivity contribution in [1.29, 1.82) is 0 Å². The minimum absolute atomic E-state index is 0.103. The second-order valence-corrected chi connectivity index (χ2v) is 9.47. The van der Waals surface area contributed by atoms with E-state index in [0.717, 1.165) is 24.5 Å². The van der Waals surface area contributed by atoms with Gasteiger partial charge in [0.2, 0.25) is 5.91 Å². The van der Waals surface area contributed by atoms with E-state index in [-0.39, 0.29) is 24.0 Å². The molecule has 1 amide bonds. The molecule has 1 aliphatic heterocycles. The molecular weight excluding hydrogens is 428 g/mol. The van der Waals surface area contributed by atoms with Crippen molar-refractivity contribution in [2.24, 2.45) is 0 Å². The van der Waals surface area contributed by atoms with E-state index in [0.29, 0.717) is 30.5 Å². The number of aliphatic hydroxyl groups excluding tert-OH is 1. The molecule has 6 heteroatoms. The molecule has 0 aliphatic carbocycles. The molecule has 0 radical (unpaired) electrons. The second-order valence-electron chi connectivity index (χ2n) is 8.52. The Morgan fingerprint density at radius 1 is 1.16 bits per heavy atom. The van der Waals surface area contributed by atoms with Gasteiger partial charge in [-0.15, -0.1) is 11.3 Å². The van der Waals surface area contributed by atoms with Gasteiger partial charge in [-0.3, -0.25) is 4.79 Å². The Morgan fingerprint density at radius 2 is 1.94 bits per heavy atom. The van der Waals surface area contributed by atoms with Crippen LogP contribution in [0.15, 0.2) is 60.0 Å². The predicted molar refractivity (Wildman–Crippen MR) is 123 cm³/mol. The molecule has 3 nitrogen and oxygen atoms in total. The van der Waals surface area contributed by atoms with Gasteiger partial charge in [-0.05, 0) is 60.9 Å². The van der Waals surface area contributed by atoms with Crippen LogP contribution in [-0.4, -0.2) is 29.1 Å². The van der Waals surface area contributed by atoms with Crippen LogP contribution in [0.2, 0.25) is 0 Å². The van der Waals surface area contributed by atoms with Gasteiger partial charge in [0.25, 0.3) is 0 Å². The summed E-state index contributed by atoms with van der Waals surface area (Å²) in [4.78, 5) is 16.4. The molecule has 2 atom stereocenters. The molecule has 0 saturated carbocycles. The number of likely N-dealkylation sites (tertiary alicyclic amines) is 1. The molecule has 0 spiro atoms. The van der Waals surface area contributed by atoms with Crippen LogP contribution in [0.5, 0.6) is 0 Å². The molecule has 1 N–H and O–H groups in total. The van der Waals surface area contributed by atoms with Crippen molar-refractivity contribution < 1.29 is 18.7 Å². The highest BCUT2D eigenvalue weighted by molar-refractivity contribution is 7.10. The molecule has 3 aromatic rings. The summed E-state index contributed by atoms with van der Waals surface area (Å²) < 4.78 is 27.3. The number of benzene rings is 2. The molecule has 0 bridgehead atoms. The summed E-state index contributed by atoms with van der Waals surface area (Å²) in [6.07, 6.45) is 2.79. The average Bonchev–Trinajstić information content (AvgIpc) is 3.33. The zero-order chi connectivity index (χ0) is 22.7. The molecular formula is C26H27F2NO2S. The number of halogens is 2. The van der Waals surface area contributed by atoms with Crippen LogP contribution < -0.4 is 0 Å². The fourth-order valence-electron chi connectivity index (χ4n) is 4.74. The third kappa shape index (κ3) is 4.48. The molecule has 1 unspecified atom stereocenters. The lowest BCUT2D eigenvalue weighted by Gasteiger charge is -2.43. The normalized spacial score (nSPS) is 19.9. The number of hydrogen-bond acceptors (Lipinski definition) is 3. The summed E-state index contributed by atoms with van der Waals surface area (Å²) in [7, 11) is 0. The van der Waals surface area contributed by atoms with Gasteiger partial charge in [-0.25, -0.2) is 8.78 Å². The van der Waals surface area contributed by atoms with Crippen molar-refractivity contribution in [1.82, 2.24) is 4.90 Å². The number of piperidine rings is 1. The summed E-state index contributed by atoms with van der Waals surface area (Å²) in [6, 6.07) is 15.0.